The molecule has 0 aromatic heterocycles. The van der Waals surface area contributed by atoms with Crippen LogP contribution in [-0.2, 0) is 0 Å². The van der Waals surface area contributed by atoms with Gasteiger partial charge in [-0.25, -0.2) is 0 Å². The van der Waals surface area contributed by atoms with Crippen molar-refractivity contribution in [3.05, 3.63) is 28.3 Å². The molecule has 6 heteroatoms. The maximum Gasteiger partial charge on any atom is 0.316 e. The molecule has 1 aliphatic heterocycles. The smallest absolute Gasteiger partial charge is 0.316 e. The summed E-state index contributed by atoms with van der Waals surface area (Å²) < 4.78 is 0. The Balaban J connectivity index is 2.02. The van der Waals surface area contributed by atoms with Crippen LogP contribution in [0.5, 0.6) is 0 Å². The van der Waals surface area contributed by atoms with Crippen molar-refractivity contribution < 1.29 is 4.92 Å². The van der Waals surface area contributed by atoms with E-state index in [9.17, 15) is 10.1 Å². The lowest BCUT2D eigenvalue weighted by Gasteiger charge is -2.39. The first-order chi connectivity index (χ1) is 9.72. The lowest BCUT2D eigenvalue weighted by atomic mass is 9.91. The number of hydrogen-bond donors (Lipinski definition) is 2. The fourth-order valence-electron chi connectivity index (χ4n) is 3.82. The monoisotopic (exact) mass is 276 g/mol. The summed E-state index contributed by atoms with van der Waals surface area (Å²) in [6.45, 7) is 0.899. The second-order valence-corrected chi connectivity index (χ2v) is 5.67. The molecule has 0 amide bonds. The number of piperidine rings is 1. The first-order valence-corrected chi connectivity index (χ1v) is 7.23. The van der Waals surface area contributed by atoms with Crippen LogP contribution < -0.4 is 16.2 Å². The van der Waals surface area contributed by atoms with Crippen LogP contribution in [0.15, 0.2) is 18.2 Å². The Morgan fingerprint density at radius 3 is 2.85 bits per heavy atom. The van der Waals surface area contributed by atoms with Gasteiger partial charge in [0.2, 0.25) is 0 Å². The zero-order valence-corrected chi connectivity index (χ0v) is 11.4. The van der Waals surface area contributed by atoms with E-state index in [1.165, 1.54) is 19.3 Å². The molecule has 1 aromatic carbocycles. The fraction of sp³-hybridized carbons (Fsp3) is 0.571. The van der Waals surface area contributed by atoms with E-state index in [2.05, 4.69) is 10.3 Å². The Bertz CT molecular complexity index is 520. The summed E-state index contributed by atoms with van der Waals surface area (Å²) in [5, 5.41) is 11.4. The normalized spacial score (nSPS) is 25.4. The Morgan fingerprint density at radius 2 is 2.10 bits per heavy atom. The zero-order chi connectivity index (χ0) is 14.1. The molecule has 0 radical (unpaired) electrons. The van der Waals surface area contributed by atoms with Crippen LogP contribution in [0, 0.1) is 16.0 Å². The molecule has 1 saturated carbocycles. The first kappa shape index (κ1) is 13.2. The minimum absolute atomic E-state index is 0.0996. The third-order valence-corrected chi connectivity index (χ3v) is 4.66. The number of hydrogen-bond acceptors (Lipinski definition) is 5. The topological polar surface area (TPSA) is 84.4 Å². The Kier molecular flexibility index (Phi) is 3.48. The molecule has 1 saturated heterocycles. The molecule has 20 heavy (non-hydrogen) atoms. The number of para-hydroxylation sites is 1. The number of benzene rings is 1. The minimum atomic E-state index is -0.330. The van der Waals surface area contributed by atoms with Crippen LogP contribution in [0.3, 0.4) is 0 Å². The highest BCUT2D eigenvalue weighted by Crippen LogP contribution is 2.43. The van der Waals surface area contributed by atoms with Crippen LogP contribution >= 0.6 is 0 Å². The maximum atomic E-state index is 11.4. The van der Waals surface area contributed by atoms with E-state index >= 15 is 0 Å². The number of hydrazine groups is 1. The van der Waals surface area contributed by atoms with Crippen molar-refractivity contribution in [3.63, 3.8) is 0 Å². The summed E-state index contributed by atoms with van der Waals surface area (Å²) in [4.78, 5) is 13.3. The molecule has 2 atom stereocenters. The molecule has 108 valence electrons. The summed E-state index contributed by atoms with van der Waals surface area (Å²) in [5.41, 5.74) is 3.64. The van der Waals surface area contributed by atoms with Gasteiger partial charge >= 0.3 is 5.69 Å². The average Bonchev–Trinajstić information content (AvgIpc) is 2.94. The third kappa shape index (κ3) is 2.10. The molecule has 2 aliphatic rings. The molecule has 1 aliphatic carbocycles. The highest BCUT2D eigenvalue weighted by atomic mass is 16.6. The van der Waals surface area contributed by atoms with E-state index in [0.29, 0.717) is 23.3 Å². The second-order valence-electron chi connectivity index (χ2n) is 5.67. The molecule has 1 heterocycles. The first-order valence-electron chi connectivity index (χ1n) is 7.23. The molecule has 0 spiro atoms. The van der Waals surface area contributed by atoms with E-state index in [1.807, 2.05) is 12.1 Å². The Labute approximate surface area is 118 Å². The van der Waals surface area contributed by atoms with E-state index < -0.39 is 0 Å². The number of nitro groups is 1. The van der Waals surface area contributed by atoms with Gasteiger partial charge in [0.15, 0.2) is 0 Å². The predicted molar refractivity (Wildman–Crippen MR) is 78.6 cm³/mol. The predicted octanol–water partition coefficient (Wildman–Crippen LogP) is 2.65. The van der Waals surface area contributed by atoms with Crippen LogP contribution in [0.2, 0.25) is 0 Å². The standard InChI is InChI=1S/C14H20N4O2/c15-16-11-6-2-8-13(14(11)18(19)20)17-9-3-5-10-4-1-7-12(10)17/h2,6,8,10,12,16H,1,3-5,7,9,15H2. The maximum absolute atomic E-state index is 11.4. The summed E-state index contributed by atoms with van der Waals surface area (Å²) >= 11 is 0. The molecule has 3 rings (SSSR count). The van der Waals surface area contributed by atoms with Crippen molar-refractivity contribution in [2.45, 2.75) is 38.1 Å². The SMILES string of the molecule is NNc1cccc(N2CCCC3CCCC32)c1[N+](=O)[O-]. The molecule has 0 bridgehead atoms. The number of nitrogen functional groups attached to an aromatic ring is 1. The van der Waals surface area contributed by atoms with Gasteiger partial charge in [-0.05, 0) is 43.7 Å². The van der Waals surface area contributed by atoms with E-state index in [-0.39, 0.29) is 10.6 Å². The number of fused-ring (bicyclic) bond motifs is 1. The molecule has 2 fully saturated rings. The van der Waals surface area contributed by atoms with Crippen molar-refractivity contribution in [3.8, 4) is 0 Å². The molecule has 1 aromatic rings. The van der Waals surface area contributed by atoms with E-state index in [4.69, 9.17) is 5.84 Å². The lowest BCUT2D eigenvalue weighted by Crippen LogP contribution is -2.43. The van der Waals surface area contributed by atoms with Gasteiger partial charge in [0, 0.05) is 12.6 Å². The van der Waals surface area contributed by atoms with Crippen molar-refractivity contribution in [2.24, 2.45) is 11.8 Å². The molecular formula is C14H20N4O2. The highest BCUT2D eigenvalue weighted by molar-refractivity contribution is 5.77. The second kappa shape index (κ2) is 5.28. The largest absolute Gasteiger partial charge is 0.363 e. The van der Waals surface area contributed by atoms with Crippen molar-refractivity contribution in [1.29, 1.82) is 0 Å². The number of nitro benzene ring substituents is 1. The Morgan fingerprint density at radius 1 is 1.30 bits per heavy atom. The molecule has 3 N–H and O–H groups in total. The van der Waals surface area contributed by atoms with Crippen LogP contribution in [-0.4, -0.2) is 17.5 Å². The summed E-state index contributed by atoms with van der Waals surface area (Å²) in [6, 6.07) is 5.78. The van der Waals surface area contributed by atoms with Crippen molar-refractivity contribution >= 4 is 17.1 Å². The van der Waals surface area contributed by atoms with Gasteiger partial charge < -0.3 is 10.3 Å². The molecule has 2 unspecified atom stereocenters. The van der Waals surface area contributed by atoms with E-state index in [1.54, 1.807) is 6.07 Å². The van der Waals surface area contributed by atoms with Gasteiger partial charge in [-0.15, -0.1) is 0 Å². The van der Waals surface area contributed by atoms with Gasteiger partial charge in [-0.1, -0.05) is 12.5 Å². The quantitative estimate of drug-likeness (QED) is 0.503. The van der Waals surface area contributed by atoms with Gasteiger partial charge in [-0.3, -0.25) is 16.0 Å². The number of nitrogens with two attached hydrogens (primary N) is 1. The van der Waals surface area contributed by atoms with Gasteiger partial charge in [0.1, 0.15) is 11.4 Å². The van der Waals surface area contributed by atoms with E-state index in [0.717, 1.165) is 19.4 Å². The number of nitrogens with one attached hydrogen (secondary N) is 1. The molecular weight excluding hydrogens is 256 g/mol. The van der Waals surface area contributed by atoms with Crippen LogP contribution in [0.4, 0.5) is 17.1 Å². The van der Waals surface area contributed by atoms with Crippen molar-refractivity contribution in [2.75, 3.05) is 16.9 Å². The summed E-state index contributed by atoms with van der Waals surface area (Å²) in [6.07, 6.45) is 5.99. The average molecular weight is 276 g/mol. The van der Waals surface area contributed by atoms with Gasteiger partial charge in [-0.2, -0.15) is 0 Å². The number of anilines is 2. The van der Waals surface area contributed by atoms with Gasteiger partial charge in [0.25, 0.3) is 0 Å². The number of nitrogens with zero attached hydrogens (tertiary/aromatic N) is 2. The van der Waals surface area contributed by atoms with Crippen LogP contribution in [0.1, 0.15) is 32.1 Å². The number of rotatable bonds is 3. The minimum Gasteiger partial charge on any atom is -0.363 e. The lowest BCUT2D eigenvalue weighted by molar-refractivity contribution is -0.383. The summed E-state index contributed by atoms with van der Waals surface area (Å²) in [5.74, 6) is 6.11. The molecule has 6 nitrogen and oxygen atoms in total. The highest BCUT2D eigenvalue weighted by Gasteiger charge is 2.37. The zero-order valence-electron chi connectivity index (χ0n) is 11.4. The third-order valence-electron chi connectivity index (χ3n) is 4.66. The van der Waals surface area contributed by atoms with Crippen LogP contribution in [0.25, 0.3) is 0 Å². The van der Waals surface area contributed by atoms with Gasteiger partial charge in [0.05, 0.1) is 4.92 Å². The Hall–Kier alpha value is -1.82. The summed E-state index contributed by atoms with van der Waals surface area (Å²) in [7, 11) is 0. The fourth-order valence-corrected chi connectivity index (χ4v) is 3.82. The van der Waals surface area contributed by atoms with Crippen molar-refractivity contribution in [1.82, 2.24) is 0 Å².